The molecule has 3 heterocycles. The molecule has 3 fully saturated rings. The van der Waals surface area contributed by atoms with Crippen molar-refractivity contribution in [1.82, 2.24) is 9.99 Å². The Labute approximate surface area is 318 Å². The minimum atomic E-state index is -4.75. The van der Waals surface area contributed by atoms with Crippen molar-refractivity contribution in [2.75, 3.05) is 10.3 Å². The number of hydrazine groups is 1. The van der Waals surface area contributed by atoms with Crippen LogP contribution in [-0.2, 0) is 30.8 Å². The Hall–Kier alpha value is -4.72. The first-order chi connectivity index (χ1) is 25.2. The number of phenols is 1. The number of rotatable bonds is 5. The number of amides is 4. The van der Waals surface area contributed by atoms with E-state index in [2.05, 4.69) is 26.3 Å². The highest BCUT2D eigenvalue weighted by Crippen LogP contribution is 2.65. The molecule has 2 N–H and O–H groups in total. The third-order valence-electron chi connectivity index (χ3n) is 10.9. The number of hydrogen-bond acceptors (Lipinski definition) is 7. The van der Waals surface area contributed by atoms with Crippen LogP contribution in [0.1, 0.15) is 35.4 Å². The fourth-order valence-electron chi connectivity index (χ4n) is 8.70. The van der Waals surface area contributed by atoms with Crippen molar-refractivity contribution in [2.45, 2.75) is 30.4 Å². The summed E-state index contributed by atoms with van der Waals surface area (Å²) in [6, 6.07) is 20.2. The van der Waals surface area contributed by atoms with E-state index < -0.39 is 69.5 Å². The molecule has 9 nitrogen and oxygen atoms in total. The molecule has 2 aliphatic carbocycles. The van der Waals surface area contributed by atoms with E-state index in [1.807, 2.05) is 6.08 Å². The van der Waals surface area contributed by atoms with Gasteiger partial charge in [-0.2, -0.15) is 18.2 Å². The Morgan fingerprint density at radius 1 is 0.906 bits per heavy atom. The number of carbonyl (C=O) groups excluding carboxylic acids is 4. The highest BCUT2D eigenvalue weighted by molar-refractivity contribution is 9.10. The molecule has 1 aromatic heterocycles. The summed E-state index contributed by atoms with van der Waals surface area (Å²) in [5, 5.41) is 12.0. The molecule has 4 aliphatic rings. The van der Waals surface area contributed by atoms with Crippen LogP contribution in [0.5, 0.6) is 5.75 Å². The molecular formula is C38H26BrCl2F3N4O5. The number of halogens is 6. The van der Waals surface area contributed by atoms with E-state index in [4.69, 9.17) is 23.2 Å². The van der Waals surface area contributed by atoms with Crippen LogP contribution in [0.25, 0.3) is 0 Å². The predicted molar refractivity (Wildman–Crippen MR) is 192 cm³/mol. The van der Waals surface area contributed by atoms with Gasteiger partial charge in [-0.05, 0) is 72.9 Å². The summed E-state index contributed by atoms with van der Waals surface area (Å²) in [7, 11) is 0. The van der Waals surface area contributed by atoms with E-state index in [0.717, 1.165) is 4.47 Å². The smallest absolute Gasteiger partial charge is 0.417 e. The molecule has 270 valence electrons. The first-order valence-corrected chi connectivity index (χ1v) is 18.0. The van der Waals surface area contributed by atoms with Crippen molar-refractivity contribution in [3.8, 4) is 5.75 Å². The molecule has 15 heteroatoms. The molecule has 0 radical (unpaired) electrons. The van der Waals surface area contributed by atoms with E-state index in [1.165, 1.54) is 11.0 Å². The highest BCUT2D eigenvalue weighted by Gasteiger charge is 2.70. The lowest BCUT2D eigenvalue weighted by atomic mass is 9.49. The molecule has 0 bridgehead atoms. The first kappa shape index (κ1) is 35.3. The van der Waals surface area contributed by atoms with Gasteiger partial charge in [0.15, 0.2) is 5.82 Å². The molecule has 1 saturated carbocycles. The standard InChI is InChI=1S/C38H26BrCl2F3N4O5/c39-20-7-11-22(12-8-20)47-33(50)25-14-13-23-26(30(25)35(47)52)16-27-34(51)48(46-32-28(41)15-19(17-45-32)38(42,43)44)36(53)37(27,18-5-9-21(40)10-6-18)31(23)24-3-1-2-4-29(24)49/h1-13,15,17,25-27,30-31,49H,14,16H2,(H,45,46)/t25-,26+,27-,30-,31+,37+/m0/s1. The number of alkyl halides is 3. The Morgan fingerprint density at radius 2 is 1.60 bits per heavy atom. The van der Waals surface area contributed by atoms with Crippen molar-refractivity contribution in [2.24, 2.45) is 23.7 Å². The van der Waals surface area contributed by atoms with Gasteiger partial charge in [-0.3, -0.25) is 29.5 Å². The van der Waals surface area contributed by atoms with E-state index in [9.17, 15) is 32.7 Å². The van der Waals surface area contributed by atoms with Crippen LogP contribution in [0.3, 0.4) is 0 Å². The predicted octanol–water partition coefficient (Wildman–Crippen LogP) is 8.06. The van der Waals surface area contributed by atoms with Crippen molar-refractivity contribution in [3.05, 3.63) is 128 Å². The van der Waals surface area contributed by atoms with E-state index in [-0.39, 0.29) is 30.3 Å². The number of allylic oxidation sites excluding steroid dienone is 2. The molecular weight excluding hydrogens is 800 g/mol. The van der Waals surface area contributed by atoms with Gasteiger partial charge in [0.05, 0.1) is 39.4 Å². The number of para-hydroxylation sites is 1. The molecule has 8 rings (SSSR count). The second kappa shape index (κ2) is 12.7. The maximum Gasteiger partial charge on any atom is 0.417 e. The van der Waals surface area contributed by atoms with Crippen LogP contribution in [-0.4, -0.2) is 38.7 Å². The normalized spacial score (nSPS) is 26.7. The number of nitrogens with one attached hydrogen (secondary N) is 1. The molecule has 3 aromatic carbocycles. The van der Waals surface area contributed by atoms with Crippen LogP contribution in [0.2, 0.25) is 10.0 Å². The van der Waals surface area contributed by atoms with Crippen LogP contribution >= 0.6 is 39.1 Å². The summed E-state index contributed by atoms with van der Waals surface area (Å²) < 4.78 is 41.1. The lowest BCUT2D eigenvalue weighted by Gasteiger charge is -2.50. The maximum atomic E-state index is 15.2. The van der Waals surface area contributed by atoms with Crippen molar-refractivity contribution in [3.63, 3.8) is 0 Å². The average Bonchev–Trinajstić information content (AvgIpc) is 3.50. The monoisotopic (exact) mass is 824 g/mol. The largest absolute Gasteiger partial charge is 0.508 e. The van der Waals surface area contributed by atoms with Crippen molar-refractivity contribution >= 4 is 74.3 Å². The summed E-state index contributed by atoms with van der Waals surface area (Å²) in [5.41, 5.74) is 1.38. The van der Waals surface area contributed by atoms with Crippen LogP contribution in [0, 0.1) is 23.7 Å². The SMILES string of the molecule is O=C1[C@@H]2C[C@@H]3C(=CC[C@@H]4C(=O)N(c5ccc(Br)cc5)C(=O)[C@@H]43)[C@H](c3ccccc3O)[C@]2(c2ccc(Cl)cc2)C(=O)N1Nc1ncc(C(F)(F)F)cc1Cl. The second-order valence-electron chi connectivity index (χ2n) is 13.5. The van der Waals surface area contributed by atoms with Crippen LogP contribution < -0.4 is 10.3 Å². The highest BCUT2D eigenvalue weighted by atomic mass is 79.9. The number of carbonyl (C=O) groups is 4. The Morgan fingerprint density at radius 3 is 2.26 bits per heavy atom. The van der Waals surface area contributed by atoms with Gasteiger partial charge < -0.3 is 5.11 Å². The van der Waals surface area contributed by atoms with Crippen LogP contribution in [0.4, 0.5) is 24.7 Å². The second-order valence-corrected chi connectivity index (χ2v) is 15.2. The van der Waals surface area contributed by atoms with Gasteiger partial charge in [0.25, 0.3) is 11.8 Å². The molecule has 4 aromatic rings. The fraction of sp³-hybridized carbons (Fsp3) is 0.237. The van der Waals surface area contributed by atoms with E-state index in [1.54, 1.807) is 66.7 Å². The number of nitrogens with zero attached hydrogens (tertiary/aromatic N) is 3. The Balaban J connectivity index is 1.30. The molecule has 2 saturated heterocycles. The van der Waals surface area contributed by atoms with Gasteiger partial charge >= 0.3 is 6.18 Å². The van der Waals surface area contributed by atoms with E-state index in [0.29, 0.717) is 44.7 Å². The number of benzene rings is 3. The first-order valence-electron chi connectivity index (χ1n) is 16.5. The van der Waals surface area contributed by atoms with Crippen molar-refractivity contribution in [1.29, 1.82) is 0 Å². The number of hydrogen-bond donors (Lipinski definition) is 2. The Bertz CT molecular complexity index is 2250. The quantitative estimate of drug-likeness (QED) is 0.154. The van der Waals surface area contributed by atoms with Gasteiger partial charge in [-0.1, -0.05) is 81.1 Å². The maximum absolute atomic E-state index is 15.2. The topological polar surface area (TPSA) is 120 Å². The lowest BCUT2D eigenvalue weighted by Crippen LogP contribution is -2.53. The van der Waals surface area contributed by atoms with Crippen molar-refractivity contribution < 1.29 is 37.5 Å². The zero-order valence-electron chi connectivity index (χ0n) is 27.2. The fourth-order valence-corrected chi connectivity index (χ4v) is 9.30. The van der Waals surface area contributed by atoms with Crippen LogP contribution in [0.15, 0.2) is 101 Å². The average molecular weight is 826 g/mol. The minimum Gasteiger partial charge on any atom is -0.508 e. The number of aromatic hydroxyl groups is 1. The number of phenolic OH excluding ortho intramolecular Hbond substituents is 1. The Kier molecular flexibility index (Phi) is 8.47. The zero-order chi connectivity index (χ0) is 37.6. The molecule has 0 spiro atoms. The molecule has 53 heavy (non-hydrogen) atoms. The third kappa shape index (κ3) is 5.38. The third-order valence-corrected chi connectivity index (χ3v) is 12.0. The summed E-state index contributed by atoms with van der Waals surface area (Å²) >= 11 is 15.9. The van der Waals surface area contributed by atoms with Gasteiger partial charge in [-0.15, -0.1) is 0 Å². The summed E-state index contributed by atoms with van der Waals surface area (Å²) in [4.78, 5) is 63.2. The molecule has 6 atom stereocenters. The summed E-state index contributed by atoms with van der Waals surface area (Å²) in [6.07, 6.45) is -2.26. The van der Waals surface area contributed by atoms with Gasteiger partial charge in [0.1, 0.15) is 5.75 Å². The minimum absolute atomic E-state index is 0.0517. The zero-order valence-corrected chi connectivity index (χ0v) is 30.2. The molecule has 4 amide bonds. The number of pyridine rings is 1. The summed E-state index contributed by atoms with van der Waals surface area (Å²) in [6.45, 7) is 0. The van der Waals surface area contributed by atoms with Gasteiger partial charge in [0.2, 0.25) is 11.8 Å². The summed E-state index contributed by atoms with van der Waals surface area (Å²) in [5.74, 6) is -7.51. The number of anilines is 2. The lowest BCUT2D eigenvalue weighted by molar-refractivity contribution is -0.139. The number of fused-ring (bicyclic) bond motifs is 4. The van der Waals surface area contributed by atoms with E-state index >= 15 is 4.79 Å². The molecule has 2 aliphatic heterocycles. The molecule has 0 unspecified atom stereocenters. The van der Waals surface area contributed by atoms with Gasteiger partial charge in [0, 0.05) is 27.2 Å². The van der Waals surface area contributed by atoms with Gasteiger partial charge in [-0.25, -0.2) is 4.98 Å². The number of imide groups is 2. The number of aromatic nitrogens is 1.